The van der Waals surface area contributed by atoms with Crippen LogP contribution in [0.1, 0.15) is 45.1 Å². The Morgan fingerprint density at radius 3 is 2.67 bits per heavy atom. The van der Waals surface area contributed by atoms with Crippen LogP contribution >= 0.6 is 23.2 Å². The van der Waals surface area contributed by atoms with Crippen molar-refractivity contribution < 1.29 is 14.3 Å². The maximum atomic E-state index is 12.1. The molecule has 6 nitrogen and oxygen atoms in total. The number of fused-ring (bicyclic) bond motifs is 1. The lowest BCUT2D eigenvalue weighted by Gasteiger charge is -2.36. The molecule has 1 saturated heterocycles. The number of ether oxygens (including phenoxy) is 2. The van der Waals surface area contributed by atoms with Gasteiger partial charge in [-0.2, -0.15) is 0 Å². The van der Waals surface area contributed by atoms with Crippen LogP contribution in [-0.4, -0.2) is 56.1 Å². The van der Waals surface area contributed by atoms with Crippen LogP contribution in [0.3, 0.4) is 0 Å². The van der Waals surface area contributed by atoms with Gasteiger partial charge in [-0.1, -0.05) is 49.2 Å². The van der Waals surface area contributed by atoms with Crippen molar-refractivity contribution in [1.29, 1.82) is 0 Å². The molecule has 2 heterocycles. The summed E-state index contributed by atoms with van der Waals surface area (Å²) in [5.74, 6) is 0.984. The van der Waals surface area contributed by atoms with E-state index in [1.807, 2.05) is 44.2 Å². The van der Waals surface area contributed by atoms with Crippen molar-refractivity contribution in [3.63, 3.8) is 0 Å². The molecule has 2 aromatic rings. The first-order chi connectivity index (χ1) is 17.4. The smallest absolute Gasteiger partial charge is 0.315 e. The largest absolute Gasteiger partial charge is 0.494 e. The molecule has 0 spiro atoms. The van der Waals surface area contributed by atoms with E-state index in [0.717, 1.165) is 81.1 Å². The van der Waals surface area contributed by atoms with Crippen molar-refractivity contribution in [3.05, 3.63) is 52.0 Å². The number of unbranched alkanes of at least 4 members (excludes halogenated alkanes) is 1. The summed E-state index contributed by atoms with van der Waals surface area (Å²) in [5.41, 5.74) is 3.01. The second kappa shape index (κ2) is 12.8. The van der Waals surface area contributed by atoms with Crippen LogP contribution in [0.4, 0.5) is 11.4 Å². The Hall–Kier alpha value is -2.28. The molecule has 0 radical (unpaired) electrons. The van der Waals surface area contributed by atoms with E-state index in [0.29, 0.717) is 29.0 Å². The summed E-state index contributed by atoms with van der Waals surface area (Å²) >= 11 is 12.6. The van der Waals surface area contributed by atoms with Gasteiger partial charge in [0.25, 0.3) is 0 Å². The fourth-order valence-electron chi connectivity index (χ4n) is 4.41. The molecule has 0 aromatic heterocycles. The van der Waals surface area contributed by atoms with Crippen molar-refractivity contribution in [2.24, 2.45) is 10.9 Å². The Morgan fingerprint density at radius 1 is 1.08 bits per heavy atom. The summed E-state index contributed by atoms with van der Waals surface area (Å²) in [6.45, 7) is 9.49. The maximum absolute atomic E-state index is 12.1. The van der Waals surface area contributed by atoms with Gasteiger partial charge < -0.3 is 14.4 Å². The normalized spacial score (nSPS) is 16.8. The highest BCUT2D eigenvalue weighted by Crippen LogP contribution is 2.33. The van der Waals surface area contributed by atoms with Gasteiger partial charge in [0.15, 0.2) is 5.90 Å². The summed E-state index contributed by atoms with van der Waals surface area (Å²) in [7, 11) is 0. The molecule has 0 saturated carbocycles. The molecule has 194 valence electrons. The van der Waals surface area contributed by atoms with Crippen LogP contribution < -0.4 is 9.64 Å². The van der Waals surface area contributed by atoms with Crippen LogP contribution in [0.2, 0.25) is 10.0 Å². The first-order valence-electron chi connectivity index (χ1n) is 12.9. The molecule has 1 atom stereocenters. The molecule has 8 heteroatoms. The van der Waals surface area contributed by atoms with Crippen LogP contribution in [0.15, 0.2) is 41.4 Å². The average Bonchev–Trinajstić information content (AvgIpc) is 2.89. The van der Waals surface area contributed by atoms with Crippen molar-refractivity contribution >= 4 is 46.4 Å². The third kappa shape index (κ3) is 6.93. The second-order valence-electron chi connectivity index (χ2n) is 9.48. The number of benzene rings is 2. The monoisotopic (exact) mass is 531 g/mol. The molecule has 4 rings (SSSR count). The molecule has 2 aliphatic rings. The fraction of sp³-hybridized carbons (Fsp3) is 0.500. The van der Waals surface area contributed by atoms with Crippen molar-refractivity contribution in [2.75, 3.05) is 44.2 Å². The number of hydrogen-bond acceptors (Lipinski definition) is 6. The van der Waals surface area contributed by atoms with Crippen molar-refractivity contribution in [3.8, 4) is 5.75 Å². The number of nitrogens with zero attached hydrogens (tertiary/aromatic N) is 3. The van der Waals surface area contributed by atoms with Gasteiger partial charge >= 0.3 is 5.97 Å². The van der Waals surface area contributed by atoms with E-state index < -0.39 is 0 Å². The first-order valence-corrected chi connectivity index (χ1v) is 13.7. The predicted molar refractivity (Wildman–Crippen MR) is 147 cm³/mol. The van der Waals surface area contributed by atoms with E-state index in [1.165, 1.54) is 0 Å². The van der Waals surface area contributed by atoms with Gasteiger partial charge in [0.05, 0.1) is 33.9 Å². The van der Waals surface area contributed by atoms with Crippen LogP contribution in [0.5, 0.6) is 5.75 Å². The maximum Gasteiger partial charge on any atom is 0.315 e. The summed E-state index contributed by atoms with van der Waals surface area (Å²) in [4.78, 5) is 21.5. The zero-order valence-electron chi connectivity index (χ0n) is 21.1. The first kappa shape index (κ1) is 26.8. The number of aryl methyl sites for hydroxylation is 1. The van der Waals surface area contributed by atoms with Gasteiger partial charge in [-0.05, 0) is 56.0 Å². The zero-order valence-corrected chi connectivity index (χ0v) is 22.7. The van der Waals surface area contributed by atoms with Gasteiger partial charge in [-0.3, -0.25) is 9.69 Å². The molecular weight excluding hydrogens is 497 g/mol. The van der Waals surface area contributed by atoms with Crippen LogP contribution in [-0.2, 0) is 16.0 Å². The SMILES string of the molecule is CCC(C)C(=O)OC1=Nc2cc(OCCCCN3CCN(c4cccc(Cl)c4Cl)CC3)ccc2CC1. The summed E-state index contributed by atoms with van der Waals surface area (Å²) in [6.07, 6.45) is 4.29. The lowest BCUT2D eigenvalue weighted by molar-refractivity contribution is -0.139. The summed E-state index contributed by atoms with van der Waals surface area (Å²) in [5, 5.41) is 1.24. The molecule has 0 bridgehead atoms. The third-order valence-corrected chi connectivity index (χ3v) is 7.73. The number of piperazine rings is 1. The van der Waals surface area contributed by atoms with E-state index in [4.69, 9.17) is 32.7 Å². The predicted octanol–water partition coefficient (Wildman–Crippen LogP) is 6.54. The summed E-state index contributed by atoms with van der Waals surface area (Å²) in [6, 6.07) is 11.8. The Kier molecular flexibility index (Phi) is 9.52. The number of anilines is 1. The molecule has 0 N–H and O–H groups in total. The molecule has 36 heavy (non-hydrogen) atoms. The van der Waals surface area contributed by atoms with E-state index in [9.17, 15) is 4.79 Å². The van der Waals surface area contributed by atoms with Crippen LogP contribution in [0, 0.1) is 5.92 Å². The Bertz CT molecular complexity index is 1080. The van der Waals surface area contributed by atoms with Crippen LogP contribution in [0.25, 0.3) is 0 Å². The highest BCUT2D eigenvalue weighted by Gasteiger charge is 2.21. The number of halogens is 2. The van der Waals surface area contributed by atoms with E-state index in [1.54, 1.807) is 0 Å². The van der Waals surface area contributed by atoms with Crippen molar-refractivity contribution in [1.82, 2.24) is 4.90 Å². The minimum Gasteiger partial charge on any atom is -0.494 e. The van der Waals surface area contributed by atoms with E-state index >= 15 is 0 Å². The van der Waals surface area contributed by atoms with Crippen molar-refractivity contribution in [2.45, 2.75) is 46.0 Å². The highest BCUT2D eigenvalue weighted by molar-refractivity contribution is 6.43. The number of rotatable bonds is 9. The fourth-order valence-corrected chi connectivity index (χ4v) is 4.83. The molecule has 0 aliphatic carbocycles. The minimum absolute atomic E-state index is 0.117. The highest BCUT2D eigenvalue weighted by atomic mass is 35.5. The summed E-state index contributed by atoms with van der Waals surface area (Å²) < 4.78 is 11.5. The van der Waals surface area contributed by atoms with Gasteiger partial charge in [0.2, 0.25) is 0 Å². The number of carbonyl (C=O) groups excluding carboxylic acids is 1. The van der Waals surface area contributed by atoms with Gasteiger partial charge in [0.1, 0.15) is 5.75 Å². The lowest BCUT2D eigenvalue weighted by atomic mass is 10.0. The number of hydrogen-bond donors (Lipinski definition) is 0. The Balaban J connectivity index is 1.18. The zero-order chi connectivity index (χ0) is 25.5. The Labute approximate surface area is 224 Å². The lowest BCUT2D eigenvalue weighted by Crippen LogP contribution is -2.46. The standard InChI is InChI=1S/C28H35Cl2N3O3/c1-3-20(2)28(34)36-26-12-10-21-9-11-22(19-24(21)31-26)35-18-5-4-13-32-14-16-33(17-15-32)25-8-6-7-23(29)27(25)30/h6-9,11,19-20H,3-5,10,12-18H2,1-2H3. The molecule has 1 unspecified atom stereocenters. The van der Waals surface area contributed by atoms with Gasteiger partial charge in [0, 0.05) is 38.7 Å². The minimum atomic E-state index is -0.207. The van der Waals surface area contributed by atoms with E-state index in [-0.39, 0.29) is 11.9 Å². The number of aliphatic imine (C=N–C) groups is 1. The average molecular weight is 533 g/mol. The number of esters is 1. The molecule has 2 aromatic carbocycles. The molecule has 0 amide bonds. The van der Waals surface area contributed by atoms with E-state index in [2.05, 4.69) is 20.9 Å². The van der Waals surface area contributed by atoms with Gasteiger partial charge in [-0.15, -0.1) is 0 Å². The third-order valence-electron chi connectivity index (χ3n) is 6.92. The number of carbonyl (C=O) groups is 1. The molecular formula is C28H35Cl2N3O3. The Morgan fingerprint density at radius 2 is 1.89 bits per heavy atom. The van der Waals surface area contributed by atoms with Gasteiger partial charge in [-0.25, -0.2) is 4.99 Å². The topological polar surface area (TPSA) is 54.4 Å². The quantitative estimate of drug-likeness (QED) is 0.271. The second-order valence-corrected chi connectivity index (χ2v) is 10.3. The molecule has 2 aliphatic heterocycles. The molecule has 1 fully saturated rings.